The molecule has 1 fully saturated rings. The van der Waals surface area contributed by atoms with E-state index in [1.807, 2.05) is 0 Å². The molecule has 0 spiro atoms. The van der Waals surface area contributed by atoms with Gasteiger partial charge in [0.2, 0.25) is 21.8 Å². The molecule has 0 aromatic rings. The smallest absolute Gasteiger partial charge is 0.245 e. The average Bonchev–Trinajstić information content (AvgIpc) is 2.14. The average molecular weight is 279 g/mol. The van der Waals surface area contributed by atoms with Gasteiger partial charge in [0.15, 0.2) is 0 Å². The lowest BCUT2D eigenvalue weighted by Crippen LogP contribution is -2.60. The summed E-state index contributed by atoms with van der Waals surface area (Å²) < 4.78 is 24.6. The number of hydrogen-bond donors (Lipinski definition) is 2. The lowest BCUT2D eigenvalue weighted by molar-refractivity contribution is -0.137. The van der Waals surface area contributed by atoms with Gasteiger partial charge < -0.3 is 5.73 Å². The lowest BCUT2D eigenvalue weighted by atomic mass is 10.2. The van der Waals surface area contributed by atoms with Crippen molar-refractivity contribution in [3.8, 4) is 0 Å². The Kier molecular flexibility index (Phi) is 4.17. The van der Waals surface area contributed by atoms with Gasteiger partial charge in [0.25, 0.3) is 0 Å². The summed E-state index contributed by atoms with van der Waals surface area (Å²) in [7, 11) is -3.82. The quantitative estimate of drug-likeness (QED) is 0.471. The number of carbonyl (C=O) groups is 2. The van der Waals surface area contributed by atoms with Gasteiger partial charge in [-0.3, -0.25) is 14.9 Å². The number of thiocarbonyl (C=S) groups is 1. The van der Waals surface area contributed by atoms with Crippen LogP contribution in [0.15, 0.2) is 0 Å². The van der Waals surface area contributed by atoms with Gasteiger partial charge in [0, 0.05) is 0 Å². The van der Waals surface area contributed by atoms with E-state index in [0.717, 1.165) is 4.31 Å². The van der Waals surface area contributed by atoms with E-state index in [2.05, 4.69) is 17.5 Å². The number of imide groups is 1. The van der Waals surface area contributed by atoms with Gasteiger partial charge in [-0.2, -0.15) is 4.31 Å². The molecule has 0 bridgehead atoms. The summed E-state index contributed by atoms with van der Waals surface area (Å²) in [5.74, 6) is -1.80. The van der Waals surface area contributed by atoms with Crippen LogP contribution < -0.4 is 11.1 Å². The Bertz CT molecular complexity index is 459. The molecule has 0 saturated carbocycles. The standard InChI is InChI=1S/C8H13N3O4S2/c1-2-5-8(13)10-7(12)3-11(5)17(14,15)4-6(9)16/h5H,2-4H2,1H3,(H2,9,16)(H,10,12,13). The van der Waals surface area contributed by atoms with Crippen LogP contribution in [0.25, 0.3) is 0 Å². The first kappa shape index (κ1) is 14.0. The summed E-state index contributed by atoms with van der Waals surface area (Å²) in [6.07, 6.45) is 0.273. The number of nitrogens with two attached hydrogens (primary N) is 1. The summed E-state index contributed by atoms with van der Waals surface area (Å²) >= 11 is 4.53. The molecule has 3 N–H and O–H groups in total. The number of sulfonamides is 1. The van der Waals surface area contributed by atoms with Crippen molar-refractivity contribution in [3.05, 3.63) is 0 Å². The van der Waals surface area contributed by atoms with Crippen molar-refractivity contribution < 1.29 is 18.0 Å². The number of rotatable bonds is 4. The van der Waals surface area contributed by atoms with Gasteiger partial charge in [0.1, 0.15) is 11.8 Å². The van der Waals surface area contributed by atoms with Gasteiger partial charge in [-0.25, -0.2) is 8.42 Å². The second kappa shape index (κ2) is 5.07. The number of carbonyl (C=O) groups excluding carboxylic acids is 2. The molecule has 0 aromatic carbocycles. The minimum atomic E-state index is -3.82. The summed E-state index contributed by atoms with van der Waals surface area (Å²) in [6, 6.07) is -0.882. The SMILES string of the molecule is CCC1C(=O)NC(=O)CN1S(=O)(=O)CC(N)=S. The van der Waals surface area contributed by atoms with Gasteiger partial charge >= 0.3 is 0 Å². The van der Waals surface area contributed by atoms with Gasteiger partial charge in [0.05, 0.1) is 11.5 Å². The van der Waals surface area contributed by atoms with Crippen LogP contribution in [0.5, 0.6) is 0 Å². The molecule has 0 radical (unpaired) electrons. The largest absolute Gasteiger partial charge is 0.392 e. The highest BCUT2D eigenvalue weighted by molar-refractivity contribution is 7.92. The van der Waals surface area contributed by atoms with Crippen molar-refractivity contribution in [1.29, 1.82) is 0 Å². The third-order valence-corrected chi connectivity index (χ3v) is 4.38. The Morgan fingerprint density at radius 3 is 2.65 bits per heavy atom. The van der Waals surface area contributed by atoms with Crippen LogP contribution in [0, 0.1) is 0 Å². The Balaban J connectivity index is 3.03. The van der Waals surface area contributed by atoms with Gasteiger partial charge in [-0.15, -0.1) is 0 Å². The fraction of sp³-hybridized carbons (Fsp3) is 0.625. The molecule has 1 rings (SSSR count). The van der Waals surface area contributed by atoms with Crippen LogP contribution in [-0.2, 0) is 19.6 Å². The summed E-state index contributed by atoms with van der Waals surface area (Å²) in [5, 5.41) is 2.09. The van der Waals surface area contributed by atoms with Crippen LogP contribution in [0.3, 0.4) is 0 Å². The number of nitrogens with zero attached hydrogens (tertiary/aromatic N) is 1. The first-order valence-corrected chi connectivity index (χ1v) is 6.91. The highest BCUT2D eigenvalue weighted by atomic mass is 32.2. The van der Waals surface area contributed by atoms with Crippen molar-refractivity contribution in [3.63, 3.8) is 0 Å². The minimum absolute atomic E-state index is 0.196. The zero-order valence-corrected chi connectivity index (χ0v) is 10.8. The fourth-order valence-electron chi connectivity index (χ4n) is 1.59. The molecule has 1 saturated heterocycles. The van der Waals surface area contributed by atoms with Crippen molar-refractivity contribution in [2.75, 3.05) is 12.3 Å². The normalized spacial score (nSPS) is 22.3. The van der Waals surface area contributed by atoms with E-state index in [1.165, 1.54) is 0 Å². The van der Waals surface area contributed by atoms with Gasteiger partial charge in [-0.1, -0.05) is 19.1 Å². The lowest BCUT2D eigenvalue weighted by Gasteiger charge is -2.32. The van der Waals surface area contributed by atoms with Gasteiger partial charge in [-0.05, 0) is 6.42 Å². The molecule has 2 amide bonds. The topological polar surface area (TPSA) is 110 Å². The molecule has 0 aliphatic carbocycles. The second-order valence-corrected chi connectivity index (χ2v) is 6.05. The highest BCUT2D eigenvalue weighted by Crippen LogP contribution is 2.14. The molecular weight excluding hydrogens is 266 g/mol. The van der Waals surface area contributed by atoms with Crippen LogP contribution >= 0.6 is 12.2 Å². The fourth-order valence-corrected chi connectivity index (χ4v) is 3.51. The molecule has 0 aromatic heterocycles. The number of piperazine rings is 1. The molecule has 7 nitrogen and oxygen atoms in total. The molecule has 1 aliphatic rings. The Morgan fingerprint density at radius 1 is 1.59 bits per heavy atom. The predicted molar refractivity (Wildman–Crippen MR) is 64.5 cm³/mol. The van der Waals surface area contributed by atoms with E-state index < -0.39 is 33.6 Å². The first-order valence-electron chi connectivity index (χ1n) is 4.89. The van der Waals surface area contributed by atoms with Crippen LogP contribution in [0.2, 0.25) is 0 Å². The summed E-state index contributed by atoms with van der Waals surface area (Å²) in [6.45, 7) is 1.28. The van der Waals surface area contributed by atoms with Crippen molar-refractivity contribution in [2.24, 2.45) is 5.73 Å². The highest BCUT2D eigenvalue weighted by Gasteiger charge is 2.39. The van der Waals surface area contributed by atoms with E-state index in [9.17, 15) is 18.0 Å². The Hall–Kier alpha value is -1.06. The van der Waals surface area contributed by atoms with Crippen molar-refractivity contribution in [1.82, 2.24) is 9.62 Å². The van der Waals surface area contributed by atoms with E-state index in [-0.39, 0.29) is 18.0 Å². The molecule has 1 atom stereocenters. The van der Waals surface area contributed by atoms with E-state index in [0.29, 0.717) is 0 Å². The van der Waals surface area contributed by atoms with E-state index >= 15 is 0 Å². The third-order valence-electron chi connectivity index (χ3n) is 2.28. The monoisotopic (exact) mass is 279 g/mol. The Labute approximate surface area is 104 Å². The Morgan fingerprint density at radius 2 is 2.18 bits per heavy atom. The predicted octanol–water partition coefficient (Wildman–Crippen LogP) is -1.66. The summed E-state index contributed by atoms with van der Waals surface area (Å²) in [5.41, 5.74) is 5.18. The zero-order valence-electron chi connectivity index (χ0n) is 9.17. The van der Waals surface area contributed by atoms with Crippen molar-refractivity contribution >= 4 is 39.0 Å². The van der Waals surface area contributed by atoms with Crippen LogP contribution in [-0.4, -0.2) is 47.9 Å². The molecule has 1 aliphatic heterocycles. The maximum Gasteiger partial charge on any atom is 0.245 e. The maximum atomic E-state index is 11.9. The summed E-state index contributed by atoms with van der Waals surface area (Å²) in [4.78, 5) is 22.5. The number of hydrogen-bond acceptors (Lipinski definition) is 5. The minimum Gasteiger partial charge on any atom is -0.392 e. The third kappa shape index (κ3) is 3.20. The first-order chi connectivity index (χ1) is 7.77. The van der Waals surface area contributed by atoms with Crippen LogP contribution in [0.4, 0.5) is 0 Å². The zero-order chi connectivity index (χ0) is 13.2. The molecule has 17 heavy (non-hydrogen) atoms. The maximum absolute atomic E-state index is 11.9. The number of nitrogens with one attached hydrogen (secondary N) is 1. The molecule has 96 valence electrons. The van der Waals surface area contributed by atoms with E-state index in [1.54, 1.807) is 6.92 Å². The van der Waals surface area contributed by atoms with E-state index in [4.69, 9.17) is 5.73 Å². The molecule has 9 heteroatoms. The molecule has 1 unspecified atom stereocenters. The molecular formula is C8H13N3O4S2. The van der Waals surface area contributed by atoms with Crippen molar-refractivity contribution in [2.45, 2.75) is 19.4 Å². The molecule has 1 heterocycles. The second-order valence-electron chi connectivity index (χ2n) is 3.60. The van der Waals surface area contributed by atoms with Crippen LogP contribution in [0.1, 0.15) is 13.3 Å². The number of amides is 2.